The van der Waals surface area contributed by atoms with Crippen molar-refractivity contribution in [1.29, 1.82) is 0 Å². The molecular weight excluding hydrogens is 458 g/mol. The number of nitrogens with zero attached hydrogens (tertiary/aromatic N) is 5. The lowest BCUT2D eigenvalue weighted by Gasteiger charge is -2.37. The molecule has 0 spiro atoms. The number of carbonyl (C=O) groups excluding carboxylic acids is 3. The number of carbonyl (C=O) groups is 3. The van der Waals surface area contributed by atoms with Gasteiger partial charge in [-0.3, -0.25) is 14.5 Å². The molecule has 2 saturated heterocycles. The van der Waals surface area contributed by atoms with Gasteiger partial charge < -0.3 is 24.0 Å². The number of amides is 3. The van der Waals surface area contributed by atoms with Crippen molar-refractivity contribution in [2.45, 2.75) is 46.7 Å². The predicted molar refractivity (Wildman–Crippen MR) is 139 cm³/mol. The second kappa shape index (κ2) is 10.9. The topological polar surface area (TPSA) is 78.3 Å². The number of fused-ring (bicyclic) bond motifs is 1. The maximum atomic E-state index is 13.5. The Hall–Kier alpha value is -3.07. The van der Waals surface area contributed by atoms with Gasteiger partial charge in [-0.2, -0.15) is 0 Å². The molecule has 1 aromatic heterocycles. The fraction of sp³-hybridized carbons (Fsp3) is 0.593. The van der Waals surface area contributed by atoms with E-state index in [2.05, 4.69) is 32.6 Å². The Morgan fingerprint density at radius 1 is 0.778 bits per heavy atom. The zero-order valence-electron chi connectivity index (χ0n) is 22.2. The summed E-state index contributed by atoms with van der Waals surface area (Å²) < 4.78 is 7.13. The molecule has 0 unspecified atom stereocenters. The molecule has 2 aromatic rings. The second-order valence-electron chi connectivity index (χ2n) is 10.2. The number of benzene rings is 1. The van der Waals surface area contributed by atoms with Crippen LogP contribution in [0.1, 0.15) is 61.5 Å². The van der Waals surface area contributed by atoms with E-state index < -0.39 is 0 Å². The molecule has 0 aliphatic carbocycles. The highest BCUT2D eigenvalue weighted by atomic mass is 16.6. The molecule has 196 valence electrons. The van der Waals surface area contributed by atoms with E-state index in [1.54, 1.807) is 16.7 Å². The van der Waals surface area contributed by atoms with Crippen LogP contribution in [0.15, 0.2) is 24.3 Å². The summed E-state index contributed by atoms with van der Waals surface area (Å²) in [6.45, 7) is 15.7. The summed E-state index contributed by atoms with van der Waals surface area (Å²) in [5.41, 5.74) is 2.21. The van der Waals surface area contributed by atoms with E-state index in [-0.39, 0.29) is 23.9 Å². The van der Waals surface area contributed by atoms with Crippen molar-refractivity contribution in [2.75, 3.05) is 59.0 Å². The van der Waals surface area contributed by atoms with Crippen molar-refractivity contribution in [3.8, 4) is 0 Å². The normalized spacial score (nSPS) is 17.4. The largest absolute Gasteiger partial charge is 0.450 e. The van der Waals surface area contributed by atoms with Crippen LogP contribution < -0.4 is 0 Å². The highest BCUT2D eigenvalue weighted by Crippen LogP contribution is 2.27. The van der Waals surface area contributed by atoms with Gasteiger partial charge in [-0.05, 0) is 58.9 Å². The number of piperazine rings is 2. The maximum absolute atomic E-state index is 13.5. The van der Waals surface area contributed by atoms with Crippen molar-refractivity contribution < 1.29 is 19.1 Å². The zero-order valence-corrected chi connectivity index (χ0v) is 22.2. The van der Waals surface area contributed by atoms with Crippen molar-refractivity contribution in [3.63, 3.8) is 0 Å². The van der Waals surface area contributed by atoms with Crippen LogP contribution in [0.3, 0.4) is 0 Å². The summed E-state index contributed by atoms with van der Waals surface area (Å²) in [5.74, 6) is -0.0124. The van der Waals surface area contributed by atoms with Crippen LogP contribution in [-0.4, -0.2) is 107 Å². The van der Waals surface area contributed by atoms with Gasteiger partial charge in [-0.1, -0.05) is 0 Å². The van der Waals surface area contributed by atoms with Crippen LogP contribution in [0, 0.1) is 0 Å². The fourth-order valence-corrected chi connectivity index (χ4v) is 5.18. The second-order valence-corrected chi connectivity index (χ2v) is 10.2. The average molecular weight is 498 g/mol. The molecule has 0 atom stereocenters. The van der Waals surface area contributed by atoms with Gasteiger partial charge >= 0.3 is 6.09 Å². The van der Waals surface area contributed by atoms with E-state index >= 15 is 0 Å². The molecule has 3 heterocycles. The SMILES string of the molecule is CCOC(=O)N1CCN(C(=O)c2cc3cc(C(=O)N4CCN(C(C)C)CC4)ccc3n2C(C)C)CC1. The zero-order chi connectivity index (χ0) is 26.0. The summed E-state index contributed by atoms with van der Waals surface area (Å²) in [7, 11) is 0. The summed E-state index contributed by atoms with van der Waals surface area (Å²) >= 11 is 0. The molecule has 9 heteroatoms. The number of hydrogen-bond donors (Lipinski definition) is 0. The van der Waals surface area contributed by atoms with Gasteiger partial charge in [0.15, 0.2) is 0 Å². The van der Waals surface area contributed by atoms with Crippen molar-refractivity contribution >= 4 is 28.8 Å². The first-order chi connectivity index (χ1) is 17.2. The lowest BCUT2D eigenvalue weighted by Crippen LogP contribution is -2.51. The fourth-order valence-electron chi connectivity index (χ4n) is 5.18. The molecule has 0 saturated carbocycles. The summed E-state index contributed by atoms with van der Waals surface area (Å²) in [4.78, 5) is 46.5. The molecule has 0 bridgehead atoms. The minimum absolute atomic E-state index is 0.0422. The highest BCUT2D eigenvalue weighted by molar-refractivity contribution is 6.02. The van der Waals surface area contributed by atoms with E-state index in [1.165, 1.54) is 0 Å². The van der Waals surface area contributed by atoms with Gasteiger partial charge in [0.05, 0.1) is 6.61 Å². The van der Waals surface area contributed by atoms with Gasteiger partial charge in [0.2, 0.25) is 0 Å². The third-order valence-electron chi connectivity index (χ3n) is 7.25. The molecule has 36 heavy (non-hydrogen) atoms. The first-order valence-corrected chi connectivity index (χ1v) is 13.1. The van der Waals surface area contributed by atoms with Crippen LogP contribution in [0.4, 0.5) is 4.79 Å². The van der Waals surface area contributed by atoms with E-state index in [4.69, 9.17) is 4.74 Å². The standard InChI is InChI=1S/C27H39N5O4/c1-6-36-27(35)31-15-13-30(14-16-31)26(34)24-18-22-17-21(7-8-23(22)32(24)20(4)5)25(33)29-11-9-28(10-12-29)19(2)3/h7-8,17-20H,6,9-16H2,1-5H3. The first-order valence-electron chi connectivity index (χ1n) is 13.1. The van der Waals surface area contributed by atoms with Gasteiger partial charge in [0.1, 0.15) is 5.69 Å². The van der Waals surface area contributed by atoms with Gasteiger partial charge in [0.25, 0.3) is 11.8 Å². The molecule has 9 nitrogen and oxygen atoms in total. The number of rotatable bonds is 5. The molecule has 0 radical (unpaired) electrons. The third kappa shape index (κ3) is 5.21. The number of ether oxygens (including phenoxy) is 1. The Bertz CT molecular complexity index is 1110. The van der Waals surface area contributed by atoms with Gasteiger partial charge in [-0.25, -0.2) is 4.79 Å². The maximum Gasteiger partial charge on any atom is 0.409 e. The molecule has 0 N–H and O–H groups in total. The Balaban J connectivity index is 1.52. The monoisotopic (exact) mass is 497 g/mol. The Morgan fingerprint density at radius 2 is 1.36 bits per heavy atom. The lowest BCUT2D eigenvalue weighted by atomic mass is 10.1. The minimum Gasteiger partial charge on any atom is -0.450 e. The van der Waals surface area contributed by atoms with Crippen LogP contribution >= 0.6 is 0 Å². The molecule has 2 aliphatic rings. The number of hydrogen-bond acceptors (Lipinski definition) is 5. The van der Waals surface area contributed by atoms with Gasteiger partial charge in [-0.15, -0.1) is 0 Å². The quantitative estimate of drug-likeness (QED) is 0.634. The van der Waals surface area contributed by atoms with E-state index in [0.29, 0.717) is 50.1 Å². The smallest absolute Gasteiger partial charge is 0.409 e. The van der Waals surface area contributed by atoms with E-state index in [9.17, 15) is 14.4 Å². The van der Waals surface area contributed by atoms with E-state index in [1.807, 2.05) is 33.7 Å². The Kier molecular flexibility index (Phi) is 7.88. The summed E-state index contributed by atoms with van der Waals surface area (Å²) in [6, 6.07) is 8.23. The van der Waals surface area contributed by atoms with Crippen LogP contribution in [-0.2, 0) is 4.74 Å². The Labute approximate surface area is 213 Å². The summed E-state index contributed by atoms with van der Waals surface area (Å²) in [6.07, 6.45) is -0.330. The molecule has 2 fully saturated rings. The molecule has 3 amide bonds. The van der Waals surface area contributed by atoms with Crippen LogP contribution in [0.25, 0.3) is 10.9 Å². The minimum atomic E-state index is -0.330. The average Bonchev–Trinajstić information content (AvgIpc) is 3.27. The highest BCUT2D eigenvalue weighted by Gasteiger charge is 2.29. The van der Waals surface area contributed by atoms with E-state index in [0.717, 1.165) is 37.1 Å². The molecular formula is C27H39N5O4. The predicted octanol–water partition coefficient (Wildman–Crippen LogP) is 3.30. The lowest BCUT2D eigenvalue weighted by molar-refractivity contribution is 0.0561. The van der Waals surface area contributed by atoms with Crippen molar-refractivity contribution in [2.24, 2.45) is 0 Å². The summed E-state index contributed by atoms with van der Waals surface area (Å²) in [5, 5.41) is 0.892. The molecule has 1 aromatic carbocycles. The number of aromatic nitrogens is 1. The molecule has 4 rings (SSSR count). The van der Waals surface area contributed by atoms with Crippen molar-refractivity contribution in [3.05, 3.63) is 35.5 Å². The Morgan fingerprint density at radius 3 is 1.94 bits per heavy atom. The first kappa shape index (κ1) is 26.0. The van der Waals surface area contributed by atoms with Gasteiger partial charge in [0, 0.05) is 80.9 Å². The van der Waals surface area contributed by atoms with Crippen LogP contribution in [0.5, 0.6) is 0 Å². The van der Waals surface area contributed by atoms with Crippen molar-refractivity contribution in [1.82, 2.24) is 24.2 Å². The third-order valence-corrected chi connectivity index (χ3v) is 7.25. The molecule has 2 aliphatic heterocycles. The van der Waals surface area contributed by atoms with Crippen LogP contribution in [0.2, 0.25) is 0 Å².